The summed E-state index contributed by atoms with van der Waals surface area (Å²) in [4.78, 5) is 4.17. The Hall–Kier alpha value is -1.88. The van der Waals surface area contributed by atoms with Gasteiger partial charge < -0.3 is 9.84 Å². The fourth-order valence-electron chi connectivity index (χ4n) is 2.47. The molecule has 1 aromatic heterocycles. The van der Waals surface area contributed by atoms with Crippen molar-refractivity contribution in [3.05, 3.63) is 41.5 Å². The van der Waals surface area contributed by atoms with Gasteiger partial charge in [0.1, 0.15) is 18.7 Å². The van der Waals surface area contributed by atoms with E-state index in [1.807, 2.05) is 29.8 Å². The van der Waals surface area contributed by atoms with E-state index in [9.17, 15) is 5.11 Å². The van der Waals surface area contributed by atoms with Crippen molar-refractivity contribution in [3.63, 3.8) is 0 Å². The van der Waals surface area contributed by atoms with E-state index in [0.29, 0.717) is 6.61 Å². The van der Waals surface area contributed by atoms with Crippen molar-refractivity contribution in [2.45, 2.75) is 39.0 Å². The monoisotopic (exact) mass is 259 g/mol. The largest absolute Gasteiger partial charge is 0.486 e. The van der Waals surface area contributed by atoms with Crippen LogP contribution in [0.4, 0.5) is 0 Å². The molecular weight excluding hydrogens is 242 g/mol. The number of rotatable bonds is 4. The molecule has 5 nitrogen and oxygen atoms in total. The van der Waals surface area contributed by atoms with Gasteiger partial charge in [0.2, 0.25) is 0 Å². The molecule has 0 saturated heterocycles. The Morgan fingerprint density at radius 1 is 1.47 bits per heavy atom. The Labute approximate surface area is 111 Å². The average molecular weight is 259 g/mol. The summed E-state index contributed by atoms with van der Waals surface area (Å²) in [6, 6.07) is 5.87. The molecule has 1 heterocycles. The quantitative estimate of drug-likeness (QED) is 0.910. The maximum absolute atomic E-state index is 9.76. The van der Waals surface area contributed by atoms with Crippen LogP contribution in [0.2, 0.25) is 0 Å². The maximum Gasteiger partial charge on any atom is 0.164 e. The smallest absolute Gasteiger partial charge is 0.164 e. The van der Waals surface area contributed by atoms with Gasteiger partial charge in [0.05, 0.1) is 6.10 Å². The van der Waals surface area contributed by atoms with E-state index in [2.05, 4.69) is 10.1 Å². The summed E-state index contributed by atoms with van der Waals surface area (Å²) >= 11 is 0. The van der Waals surface area contributed by atoms with Crippen LogP contribution in [0.5, 0.6) is 5.75 Å². The zero-order chi connectivity index (χ0) is 13.2. The number of benzene rings is 1. The summed E-state index contributed by atoms with van der Waals surface area (Å²) in [6.45, 7) is 3.22. The molecule has 0 amide bonds. The van der Waals surface area contributed by atoms with E-state index in [4.69, 9.17) is 4.74 Å². The van der Waals surface area contributed by atoms with Crippen LogP contribution in [0.25, 0.3) is 0 Å². The lowest BCUT2D eigenvalue weighted by Gasteiger charge is -2.09. The van der Waals surface area contributed by atoms with Gasteiger partial charge in [-0.2, -0.15) is 5.10 Å². The molecular formula is C14H17N3O2. The molecule has 0 bridgehead atoms. The predicted molar refractivity (Wildman–Crippen MR) is 69.8 cm³/mol. The number of hydrogen-bond acceptors (Lipinski definition) is 4. The van der Waals surface area contributed by atoms with E-state index in [-0.39, 0.29) is 6.10 Å². The third-order valence-corrected chi connectivity index (χ3v) is 3.52. The van der Waals surface area contributed by atoms with E-state index < -0.39 is 0 Å². The second-order valence-electron chi connectivity index (χ2n) is 4.70. The molecule has 19 heavy (non-hydrogen) atoms. The molecule has 0 aliphatic heterocycles. The summed E-state index contributed by atoms with van der Waals surface area (Å²) in [7, 11) is 0. The fourth-order valence-corrected chi connectivity index (χ4v) is 2.47. The SMILES string of the molecule is CCn1ncnc1COc1ccc2c(c1)CC[C@@H]2O. The standard InChI is InChI=1S/C14H17N3O2/c1-2-17-14(15-9-16-17)8-19-11-4-5-12-10(7-11)3-6-13(12)18/h4-5,7,9,13,18H,2-3,6,8H2,1H3/t13-/m0/s1. The van der Waals surface area contributed by atoms with E-state index in [1.54, 1.807) is 6.33 Å². The van der Waals surface area contributed by atoms with Gasteiger partial charge in [-0.05, 0) is 43.0 Å². The van der Waals surface area contributed by atoms with Gasteiger partial charge in [0.15, 0.2) is 5.82 Å². The first-order valence-corrected chi connectivity index (χ1v) is 6.58. The summed E-state index contributed by atoms with van der Waals surface area (Å²) in [5, 5.41) is 13.9. The molecule has 5 heteroatoms. The number of hydrogen-bond donors (Lipinski definition) is 1. The number of aliphatic hydroxyl groups is 1. The lowest BCUT2D eigenvalue weighted by Crippen LogP contribution is -2.07. The highest BCUT2D eigenvalue weighted by Crippen LogP contribution is 2.33. The summed E-state index contributed by atoms with van der Waals surface area (Å²) < 4.78 is 7.57. The molecule has 1 aromatic carbocycles. The normalized spacial score (nSPS) is 17.5. The average Bonchev–Trinajstić information content (AvgIpc) is 3.03. The van der Waals surface area contributed by atoms with Crippen LogP contribution in [-0.4, -0.2) is 19.9 Å². The van der Waals surface area contributed by atoms with Gasteiger partial charge in [-0.15, -0.1) is 0 Å². The predicted octanol–water partition coefficient (Wildman–Crippen LogP) is 1.86. The fraction of sp³-hybridized carbons (Fsp3) is 0.429. The van der Waals surface area contributed by atoms with Crippen molar-refractivity contribution in [1.29, 1.82) is 0 Å². The van der Waals surface area contributed by atoms with Crippen molar-refractivity contribution >= 4 is 0 Å². The minimum absolute atomic E-state index is 0.313. The maximum atomic E-state index is 9.76. The second-order valence-corrected chi connectivity index (χ2v) is 4.70. The highest BCUT2D eigenvalue weighted by molar-refractivity contribution is 5.39. The Balaban J connectivity index is 1.71. The molecule has 0 radical (unpaired) electrons. The van der Waals surface area contributed by atoms with Gasteiger partial charge in [-0.1, -0.05) is 6.07 Å². The molecule has 3 rings (SSSR count). The minimum atomic E-state index is -0.313. The third kappa shape index (κ3) is 2.33. The number of aryl methyl sites for hydroxylation is 2. The number of aliphatic hydroxyl groups excluding tert-OH is 1. The van der Waals surface area contributed by atoms with Gasteiger partial charge in [0.25, 0.3) is 0 Å². The number of fused-ring (bicyclic) bond motifs is 1. The molecule has 1 N–H and O–H groups in total. The highest BCUT2D eigenvalue weighted by Gasteiger charge is 2.20. The van der Waals surface area contributed by atoms with Crippen LogP contribution in [-0.2, 0) is 19.6 Å². The lowest BCUT2D eigenvalue weighted by molar-refractivity contribution is 0.180. The van der Waals surface area contributed by atoms with Crippen LogP contribution in [0, 0.1) is 0 Å². The molecule has 1 aliphatic rings. The summed E-state index contributed by atoms with van der Waals surface area (Å²) in [5.41, 5.74) is 2.21. The van der Waals surface area contributed by atoms with E-state index in [1.165, 1.54) is 5.56 Å². The Bertz CT molecular complexity index is 580. The summed E-state index contributed by atoms with van der Waals surface area (Å²) in [6.07, 6.45) is 2.95. The molecule has 1 atom stereocenters. The van der Waals surface area contributed by atoms with Crippen molar-refractivity contribution in [3.8, 4) is 5.75 Å². The second kappa shape index (κ2) is 5.01. The topological polar surface area (TPSA) is 60.2 Å². The molecule has 2 aromatic rings. The first-order chi connectivity index (χ1) is 9.28. The minimum Gasteiger partial charge on any atom is -0.486 e. The van der Waals surface area contributed by atoms with Crippen molar-refractivity contribution in [2.24, 2.45) is 0 Å². The van der Waals surface area contributed by atoms with Crippen molar-refractivity contribution in [2.75, 3.05) is 0 Å². The van der Waals surface area contributed by atoms with Crippen molar-refractivity contribution in [1.82, 2.24) is 14.8 Å². The number of ether oxygens (including phenoxy) is 1. The molecule has 100 valence electrons. The van der Waals surface area contributed by atoms with Gasteiger partial charge in [-0.3, -0.25) is 0 Å². The van der Waals surface area contributed by atoms with Crippen molar-refractivity contribution < 1.29 is 9.84 Å². The first-order valence-electron chi connectivity index (χ1n) is 6.58. The Morgan fingerprint density at radius 2 is 2.37 bits per heavy atom. The third-order valence-electron chi connectivity index (χ3n) is 3.52. The number of aromatic nitrogens is 3. The zero-order valence-electron chi connectivity index (χ0n) is 10.9. The first kappa shape index (κ1) is 12.2. The van der Waals surface area contributed by atoms with Gasteiger partial charge >= 0.3 is 0 Å². The zero-order valence-corrected chi connectivity index (χ0v) is 10.9. The van der Waals surface area contributed by atoms with Crippen LogP contribution in [0.1, 0.15) is 36.4 Å². The molecule has 0 spiro atoms. The van der Waals surface area contributed by atoms with Crippen LogP contribution in [0.3, 0.4) is 0 Å². The number of nitrogens with zero attached hydrogens (tertiary/aromatic N) is 3. The molecule has 0 fully saturated rings. The summed E-state index contributed by atoms with van der Waals surface area (Å²) in [5.74, 6) is 1.64. The van der Waals surface area contributed by atoms with Crippen LogP contribution < -0.4 is 4.74 Å². The molecule has 1 aliphatic carbocycles. The van der Waals surface area contributed by atoms with Crippen LogP contribution >= 0.6 is 0 Å². The Kier molecular flexibility index (Phi) is 3.21. The Morgan fingerprint density at radius 3 is 3.21 bits per heavy atom. The molecule has 0 saturated carbocycles. The van der Waals surface area contributed by atoms with Gasteiger partial charge in [-0.25, -0.2) is 9.67 Å². The van der Waals surface area contributed by atoms with Gasteiger partial charge in [0, 0.05) is 6.54 Å². The van der Waals surface area contributed by atoms with E-state index >= 15 is 0 Å². The molecule has 0 unspecified atom stereocenters. The van der Waals surface area contributed by atoms with E-state index in [0.717, 1.165) is 36.5 Å². The van der Waals surface area contributed by atoms with Crippen LogP contribution in [0.15, 0.2) is 24.5 Å². The lowest BCUT2D eigenvalue weighted by atomic mass is 10.1. The highest BCUT2D eigenvalue weighted by atomic mass is 16.5.